The van der Waals surface area contributed by atoms with Gasteiger partial charge < -0.3 is 9.80 Å². The van der Waals surface area contributed by atoms with Gasteiger partial charge in [-0.25, -0.2) is 0 Å². The Kier molecular flexibility index (Phi) is 5.56. The Hall–Kier alpha value is -2.11. The van der Waals surface area contributed by atoms with E-state index in [9.17, 15) is 9.59 Å². The van der Waals surface area contributed by atoms with E-state index >= 15 is 0 Å². The predicted octanol–water partition coefficient (Wildman–Crippen LogP) is 2.92. The van der Waals surface area contributed by atoms with E-state index in [0.717, 1.165) is 5.69 Å². The summed E-state index contributed by atoms with van der Waals surface area (Å²) in [5, 5.41) is 0.831. The number of pyridine rings is 1. The first-order valence-corrected chi connectivity index (χ1v) is 8.72. The van der Waals surface area contributed by atoms with Gasteiger partial charge in [0.25, 0.3) is 5.91 Å². The zero-order valence-electron chi connectivity index (χ0n) is 13.5. The van der Waals surface area contributed by atoms with Crippen LogP contribution in [0.1, 0.15) is 16.1 Å². The maximum Gasteiger partial charge on any atom is 0.255 e. The second-order valence-electron chi connectivity index (χ2n) is 5.80. The SMILES string of the molecule is O=C(Cc1ccccn1)N1CCN(C(=O)c2ccc(Cl)cc2Cl)CC1. The molecule has 0 aliphatic carbocycles. The van der Waals surface area contributed by atoms with Crippen molar-refractivity contribution in [3.8, 4) is 0 Å². The lowest BCUT2D eigenvalue weighted by Gasteiger charge is -2.35. The fraction of sp³-hybridized carbons (Fsp3) is 0.278. The van der Waals surface area contributed by atoms with E-state index in [1.807, 2.05) is 18.2 Å². The molecule has 0 unspecified atom stereocenters. The summed E-state index contributed by atoms with van der Waals surface area (Å²) >= 11 is 12.0. The molecule has 2 heterocycles. The molecule has 3 rings (SSSR count). The van der Waals surface area contributed by atoms with Gasteiger partial charge in [0.2, 0.25) is 5.91 Å². The monoisotopic (exact) mass is 377 g/mol. The fourth-order valence-electron chi connectivity index (χ4n) is 2.76. The Bertz CT molecular complexity index is 775. The van der Waals surface area contributed by atoms with E-state index < -0.39 is 0 Å². The topological polar surface area (TPSA) is 53.5 Å². The molecule has 0 spiro atoms. The number of aromatic nitrogens is 1. The minimum Gasteiger partial charge on any atom is -0.339 e. The van der Waals surface area contributed by atoms with Crippen molar-refractivity contribution in [2.75, 3.05) is 26.2 Å². The fourth-order valence-corrected chi connectivity index (χ4v) is 3.25. The number of benzene rings is 1. The molecule has 1 fully saturated rings. The molecule has 1 aromatic heterocycles. The van der Waals surface area contributed by atoms with Crippen LogP contribution in [0.3, 0.4) is 0 Å². The minimum absolute atomic E-state index is 0.0234. The molecule has 1 aliphatic heterocycles. The van der Waals surface area contributed by atoms with Crippen molar-refractivity contribution in [2.24, 2.45) is 0 Å². The molecule has 0 N–H and O–H groups in total. The highest BCUT2D eigenvalue weighted by atomic mass is 35.5. The molecule has 1 saturated heterocycles. The van der Waals surface area contributed by atoms with Gasteiger partial charge in [-0.05, 0) is 30.3 Å². The van der Waals surface area contributed by atoms with Crippen molar-refractivity contribution in [3.63, 3.8) is 0 Å². The molecular formula is C18H17Cl2N3O2. The van der Waals surface area contributed by atoms with E-state index in [-0.39, 0.29) is 18.2 Å². The molecule has 2 aromatic rings. The Labute approximate surface area is 156 Å². The molecule has 0 saturated carbocycles. The summed E-state index contributed by atoms with van der Waals surface area (Å²) in [5.41, 5.74) is 1.18. The van der Waals surface area contributed by atoms with Crippen molar-refractivity contribution in [3.05, 3.63) is 63.9 Å². The summed E-state index contributed by atoms with van der Waals surface area (Å²) < 4.78 is 0. The summed E-state index contributed by atoms with van der Waals surface area (Å²) in [5.74, 6) is -0.117. The molecule has 7 heteroatoms. The second kappa shape index (κ2) is 7.85. The van der Waals surface area contributed by atoms with Crippen LogP contribution in [0.5, 0.6) is 0 Å². The number of amides is 2. The molecule has 0 atom stereocenters. The quantitative estimate of drug-likeness (QED) is 0.826. The zero-order chi connectivity index (χ0) is 17.8. The average molecular weight is 378 g/mol. The van der Waals surface area contributed by atoms with E-state index in [0.29, 0.717) is 41.8 Å². The number of carbonyl (C=O) groups is 2. The summed E-state index contributed by atoms with van der Waals surface area (Å²) in [6.07, 6.45) is 1.95. The van der Waals surface area contributed by atoms with Crippen molar-refractivity contribution < 1.29 is 9.59 Å². The van der Waals surface area contributed by atoms with Crippen molar-refractivity contribution in [1.29, 1.82) is 0 Å². The summed E-state index contributed by atoms with van der Waals surface area (Å²) in [6, 6.07) is 10.4. The minimum atomic E-state index is -0.140. The molecule has 5 nitrogen and oxygen atoms in total. The third-order valence-corrected chi connectivity index (χ3v) is 4.69. The first-order valence-electron chi connectivity index (χ1n) is 7.96. The third-order valence-electron chi connectivity index (χ3n) is 4.14. The first kappa shape index (κ1) is 17.7. The van der Waals surface area contributed by atoms with Gasteiger partial charge in [0.05, 0.1) is 17.0 Å². The Morgan fingerprint density at radius 3 is 2.36 bits per heavy atom. The van der Waals surface area contributed by atoms with Gasteiger partial charge >= 0.3 is 0 Å². The third kappa shape index (κ3) is 4.30. The molecular weight excluding hydrogens is 361 g/mol. The maximum absolute atomic E-state index is 12.6. The number of halogens is 2. The van der Waals surface area contributed by atoms with Crippen LogP contribution in [0.15, 0.2) is 42.6 Å². The molecule has 1 aromatic carbocycles. The Balaban J connectivity index is 1.58. The second-order valence-corrected chi connectivity index (χ2v) is 6.64. The van der Waals surface area contributed by atoms with Crippen molar-refractivity contribution >= 4 is 35.0 Å². The Morgan fingerprint density at radius 2 is 1.72 bits per heavy atom. The number of hydrogen-bond acceptors (Lipinski definition) is 3. The van der Waals surface area contributed by atoms with Gasteiger partial charge in [0.15, 0.2) is 0 Å². The van der Waals surface area contributed by atoms with Crippen LogP contribution in [-0.2, 0) is 11.2 Å². The van der Waals surface area contributed by atoms with Crippen LogP contribution < -0.4 is 0 Å². The highest BCUT2D eigenvalue weighted by Gasteiger charge is 2.26. The van der Waals surface area contributed by atoms with Gasteiger partial charge in [0, 0.05) is 43.1 Å². The van der Waals surface area contributed by atoms with Crippen LogP contribution in [0.4, 0.5) is 0 Å². The summed E-state index contributed by atoms with van der Waals surface area (Å²) in [4.78, 5) is 32.6. The van der Waals surface area contributed by atoms with Gasteiger partial charge in [-0.3, -0.25) is 14.6 Å². The number of carbonyl (C=O) groups excluding carboxylic acids is 2. The van der Waals surface area contributed by atoms with Crippen molar-refractivity contribution in [2.45, 2.75) is 6.42 Å². The molecule has 0 radical (unpaired) electrons. The lowest BCUT2D eigenvalue weighted by atomic mass is 10.1. The maximum atomic E-state index is 12.6. The highest BCUT2D eigenvalue weighted by molar-refractivity contribution is 6.36. The predicted molar refractivity (Wildman–Crippen MR) is 96.9 cm³/mol. The number of rotatable bonds is 3. The summed E-state index contributed by atoms with van der Waals surface area (Å²) in [6.45, 7) is 1.96. The number of piperazine rings is 1. The largest absolute Gasteiger partial charge is 0.339 e. The normalized spacial score (nSPS) is 14.5. The van der Waals surface area contributed by atoms with Crippen LogP contribution in [0, 0.1) is 0 Å². The summed E-state index contributed by atoms with van der Waals surface area (Å²) in [7, 11) is 0. The first-order chi connectivity index (χ1) is 12.0. The van der Waals surface area contributed by atoms with Crippen molar-refractivity contribution in [1.82, 2.24) is 14.8 Å². The van der Waals surface area contributed by atoms with Crippen LogP contribution in [-0.4, -0.2) is 52.8 Å². The highest BCUT2D eigenvalue weighted by Crippen LogP contribution is 2.22. The van der Waals surface area contributed by atoms with Gasteiger partial charge in [0.1, 0.15) is 0 Å². The lowest BCUT2D eigenvalue weighted by Crippen LogP contribution is -2.51. The van der Waals surface area contributed by atoms with Crippen LogP contribution in [0.25, 0.3) is 0 Å². The molecule has 2 amide bonds. The standard InChI is InChI=1S/C18H17Cl2N3O2/c19-13-4-5-15(16(20)11-13)18(25)23-9-7-22(8-10-23)17(24)12-14-3-1-2-6-21-14/h1-6,11H,7-10,12H2. The number of nitrogens with zero attached hydrogens (tertiary/aromatic N) is 3. The number of hydrogen-bond donors (Lipinski definition) is 0. The van der Waals surface area contributed by atoms with E-state index in [2.05, 4.69) is 4.98 Å². The van der Waals surface area contributed by atoms with Crippen LogP contribution in [0.2, 0.25) is 10.0 Å². The lowest BCUT2D eigenvalue weighted by molar-refractivity contribution is -0.132. The molecule has 130 valence electrons. The molecule has 0 bridgehead atoms. The van der Waals surface area contributed by atoms with Gasteiger partial charge in [-0.15, -0.1) is 0 Å². The Morgan fingerprint density at radius 1 is 1.00 bits per heavy atom. The van der Waals surface area contributed by atoms with Crippen LogP contribution >= 0.6 is 23.2 Å². The van der Waals surface area contributed by atoms with Gasteiger partial charge in [-0.2, -0.15) is 0 Å². The average Bonchev–Trinajstić information content (AvgIpc) is 2.62. The zero-order valence-corrected chi connectivity index (χ0v) is 15.0. The molecule has 25 heavy (non-hydrogen) atoms. The van der Waals surface area contributed by atoms with E-state index in [1.165, 1.54) is 0 Å². The molecule has 1 aliphatic rings. The van der Waals surface area contributed by atoms with E-state index in [1.54, 1.807) is 34.2 Å². The van der Waals surface area contributed by atoms with E-state index in [4.69, 9.17) is 23.2 Å². The van der Waals surface area contributed by atoms with Gasteiger partial charge in [-0.1, -0.05) is 29.3 Å². The smallest absolute Gasteiger partial charge is 0.255 e.